The van der Waals surface area contributed by atoms with Gasteiger partial charge >= 0.3 is 5.97 Å². The first-order valence-electron chi connectivity index (χ1n) is 5.69. The molecular weight excluding hydrogens is 206 g/mol. The van der Waals surface area contributed by atoms with Crippen molar-refractivity contribution in [1.29, 1.82) is 0 Å². The van der Waals surface area contributed by atoms with Gasteiger partial charge in [-0.2, -0.15) is 0 Å². The highest BCUT2D eigenvalue weighted by Crippen LogP contribution is 2.29. The molecule has 0 aromatic heterocycles. The van der Waals surface area contributed by atoms with Crippen molar-refractivity contribution in [3.63, 3.8) is 0 Å². The van der Waals surface area contributed by atoms with Gasteiger partial charge in [0.1, 0.15) is 0 Å². The Hall–Kier alpha value is -1.32. The van der Waals surface area contributed by atoms with Gasteiger partial charge < -0.3 is 10.4 Å². The summed E-state index contributed by atoms with van der Waals surface area (Å²) in [5.74, 6) is -1.17. The molecule has 0 radical (unpaired) electrons. The molecule has 16 heavy (non-hydrogen) atoms. The normalized spacial score (nSPS) is 24.8. The van der Waals surface area contributed by atoms with Gasteiger partial charge in [-0.1, -0.05) is 19.4 Å². The van der Waals surface area contributed by atoms with Crippen LogP contribution in [-0.4, -0.2) is 23.5 Å². The lowest BCUT2D eigenvalue weighted by atomic mass is 9.79. The van der Waals surface area contributed by atoms with Crippen molar-refractivity contribution in [2.75, 3.05) is 6.54 Å². The lowest BCUT2D eigenvalue weighted by Crippen LogP contribution is -2.37. The van der Waals surface area contributed by atoms with Crippen LogP contribution < -0.4 is 5.32 Å². The van der Waals surface area contributed by atoms with Crippen LogP contribution in [0.2, 0.25) is 0 Å². The molecule has 4 heteroatoms. The van der Waals surface area contributed by atoms with Crippen LogP contribution in [-0.2, 0) is 9.59 Å². The third-order valence-electron chi connectivity index (χ3n) is 3.14. The number of carboxylic acids is 1. The molecule has 90 valence electrons. The number of carboxylic acid groups (broad SMARTS) is 1. The second-order valence-electron chi connectivity index (χ2n) is 4.48. The van der Waals surface area contributed by atoms with Crippen LogP contribution in [0.4, 0.5) is 0 Å². The van der Waals surface area contributed by atoms with Crippen LogP contribution in [0.3, 0.4) is 0 Å². The lowest BCUT2D eigenvalue weighted by Gasteiger charge is -2.28. The molecule has 1 aliphatic rings. The Morgan fingerprint density at radius 2 is 2.00 bits per heavy atom. The molecule has 0 aromatic rings. The molecule has 0 unspecified atom stereocenters. The first-order valence-corrected chi connectivity index (χ1v) is 5.69. The first-order chi connectivity index (χ1) is 7.52. The Balaban J connectivity index is 2.47. The fourth-order valence-corrected chi connectivity index (χ4v) is 2.15. The van der Waals surface area contributed by atoms with E-state index in [-0.39, 0.29) is 17.7 Å². The molecule has 4 nitrogen and oxygen atoms in total. The van der Waals surface area contributed by atoms with Gasteiger partial charge in [0.15, 0.2) is 0 Å². The van der Waals surface area contributed by atoms with Crippen LogP contribution in [0, 0.1) is 11.8 Å². The van der Waals surface area contributed by atoms with Crippen LogP contribution >= 0.6 is 0 Å². The highest BCUT2D eigenvalue weighted by Gasteiger charge is 2.30. The molecule has 0 heterocycles. The summed E-state index contributed by atoms with van der Waals surface area (Å²) >= 11 is 0. The smallest absolute Gasteiger partial charge is 0.306 e. The Kier molecular flexibility index (Phi) is 4.52. The number of hydrogen-bond donors (Lipinski definition) is 2. The number of rotatable bonds is 4. The largest absolute Gasteiger partial charge is 0.481 e. The molecule has 0 bridgehead atoms. The molecular formula is C12H19NO3. The maximum absolute atomic E-state index is 11.3. The number of carbonyl (C=O) groups excluding carboxylic acids is 1. The zero-order valence-corrected chi connectivity index (χ0v) is 9.66. The molecule has 0 spiro atoms. The Labute approximate surface area is 95.7 Å². The van der Waals surface area contributed by atoms with Crippen LogP contribution in [0.5, 0.6) is 0 Å². The molecule has 0 aromatic carbocycles. The summed E-state index contributed by atoms with van der Waals surface area (Å²) in [6, 6.07) is 0. The summed E-state index contributed by atoms with van der Waals surface area (Å²) in [6.45, 7) is 5.64. The fourth-order valence-electron chi connectivity index (χ4n) is 2.15. The summed E-state index contributed by atoms with van der Waals surface area (Å²) < 4.78 is 0. The summed E-state index contributed by atoms with van der Waals surface area (Å²) in [4.78, 5) is 22.3. The maximum atomic E-state index is 11.3. The molecule has 0 aliphatic heterocycles. The van der Waals surface area contributed by atoms with Gasteiger partial charge in [0, 0.05) is 12.1 Å². The van der Waals surface area contributed by atoms with Crippen molar-refractivity contribution in [3.8, 4) is 0 Å². The molecule has 1 fully saturated rings. The third kappa shape index (κ3) is 3.36. The van der Waals surface area contributed by atoms with Crippen molar-refractivity contribution in [2.45, 2.75) is 32.6 Å². The lowest BCUT2D eigenvalue weighted by molar-refractivity contribution is -0.145. The van der Waals surface area contributed by atoms with Gasteiger partial charge in [-0.3, -0.25) is 9.59 Å². The van der Waals surface area contributed by atoms with E-state index in [1.54, 1.807) is 6.92 Å². The van der Waals surface area contributed by atoms with E-state index in [9.17, 15) is 9.59 Å². The predicted octanol–water partition coefficient (Wildman–Crippen LogP) is 1.57. The van der Waals surface area contributed by atoms with E-state index in [4.69, 9.17) is 5.11 Å². The zero-order valence-electron chi connectivity index (χ0n) is 9.66. The van der Waals surface area contributed by atoms with Crippen molar-refractivity contribution in [1.82, 2.24) is 5.32 Å². The second-order valence-corrected chi connectivity index (χ2v) is 4.48. The monoisotopic (exact) mass is 225 g/mol. The Morgan fingerprint density at radius 1 is 1.38 bits per heavy atom. The molecule has 2 N–H and O–H groups in total. The summed E-state index contributed by atoms with van der Waals surface area (Å²) in [7, 11) is 0. The van der Waals surface area contributed by atoms with E-state index < -0.39 is 5.97 Å². The van der Waals surface area contributed by atoms with E-state index in [2.05, 4.69) is 11.9 Å². The topological polar surface area (TPSA) is 66.4 Å². The molecule has 1 saturated carbocycles. The van der Waals surface area contributed by atoms with E-state index >= 15 is 0 Å². The average Bonchev–Trinajstić information content (AvgIpc) is 2.25. The molecule has 0 saturated heterocycles. The number of aliphatic carboxylic acids is 1. The fraction of sp³-hybridized carbons (Fsp3) is 0.667. The molecule has 1 aliphatic carbocycles. The Bertz CT molecular complexity index is 299. The van der Waals surface area contributed by atoms with Gasteiger partial charge in [0.05, 0.1) is 5.92 Å². The highest BCUT2D eigenvalue weighted by atomic mass is 16.4. The van der Waals surface area contributed by atoms with E-state index in [1.165, 1.54) is 0 Å². The number of hydrogen-bond acceptors (Lipinski definition) is 2. The first kappa shape index (κ1) is 12.7. The van der Waals surface area contributed by atoms with Crippen molar-refractivity contribution in [3.05, 3.63) is 12.2 Å². The standard InChI is InChI=1S/C12H19NO3/c1-8(2)11(14)13-7-9-5-3-4-6-10(9)12(15)16/h9-10H,1,3-7H2,2H3,(H,13,14)(H,15,16)/t9-,10-/m0/s1. The number of carbonyl (C=O) groups is 2. The Morgan fingerprint density at radius 3 is 2.56 bits per heavy atom. The molecule has 1 rings (SSSR count). The van der Waals surface area contributed by atoms with Crippen molar-refractivity contribution >= 4 is 11.9 Å². The predicted molar refractivity (Wildman–Crippen MR) is 60.9 cm³/mol. The molecule has 2 atom stereocenters. The summed E-state index contributed by atoms with van der Waals surface area (Å²) in [5, 5.41) is 11.8. The average molecular weight is 225 g/mol. The second kappa shape index (κ2) is 5.68. The number of amides is 1. The summed E-state index contributed by atoms with van der Waals surface area (Å²) in [5.41, 5.74) is 0.461. The van der Waals surface area contributed by atoms with E-state index in [0.29, 0.717) is 12.1 Å². The van der Waals surface area contributed by atoms with Crippen molar-refractivity contribution < 1.29 is 14.7 Å². The minimum absolute atomic E-state index is 0.0644. The molecule has 1 amide bonds. The van der Waals surface area contributed by atoms with Gasteiger partial charge in [-0.05, 0) is 25.7 Å². The van der Waals surface area contributed by atoms with Gasteiger partial charge in [0.25, 0.3) is 0 Å². The van der Waals surface area contributed by atoms with E-state index in [1.807, 2.05) is 0 Å². The van der Waals surface area contributed by atoms with Crippen molar-refractivity contribution in [2.24, 2.45) is 11.8 Å². The number of nitrogens with one attached hydrogen (secondary N) is 1. The van der Waals surface area contributed by atoms with Gasteiger partial charge in [-0.15, -0.1) is 0 Å². The van der Waals surface area contributed by atoms with Crippen LogP contribution in [0.25, 0.3) is 0 Å². The third-order valence-corrected chi connectivity index (χ3v) is 3.14. The SMILES string of the molecule is C=C(C)C(=O)NC[C@@H]1CCCC[C@@H]1C(=O)O. The minimum Gasteiger partial charge on any atom is -0.481 e. The summed E-state index contributed by atoms with van der Waals surface area (Å²) in [6.07, 6.45) is 3.63. The quantitative estimate of drug-likeness (QED) is 0.714. The van der Waals surface area contributed by atoms with Gasteiger partial charge in [-0.25, -0.2) is 0 Å². The van der Waals surface area contributed by atoms with E-state index in [0.717, 1.165) is 25.7 Å². The highest BCUT2D eigenvalue weighted by molar-refractivity contribution is 5.92. The van der Waals surface area contributed by atoms with Gasteiger partial charge in [0.2, 0.25) is 5.91 Å². The maximum Gasteiger partial charge on any atom is 0.306 e. The zero-order chi connectivity index (χ0) is 12.1. The van der Waals surface area contributed by atoms with Crippen LogP contribution in [0.15, 0.2) is 12.2 Å². The minimum atomic E-state index is -0.741. The van der Waals surface area contributed by atoms with Crippen LogP contribution in [0.1, 0.15) is 32.6 Å².